The normalized spacial score (nSPS) is 12.0. The van der Waals surface area contributed by atoms with E-state index in [2.05, 4.69) is 16.4 Å². The summed E-state index contributed by atoms with van der Waals surface area (Å²) < 4.78 is 0. The average Bonchev–Trinajstić information content (AvgIpc) is 3.03. The zero-order valence-electron chi connectivity index (χ0n) is 14.4. The number of phenols is 1. The van der Waals surface area contributed by atoms with E-state index in [1.54, 1.807) is 24.3 Å². The zero-order valence-corrected chi connectivity index (χ0v) is 15.3. The minimum absolute atomic E-state index is 0.212. The number of phenolic OH excluding ortho intramolecular Hbond substituents is 1. The van der Waals surface area contributed by atoms with Gasteiger partial charge >= 0.3 is 0 Å². The van der Waals surface area contributed by atoms with Gasteiger partial charge in [-0.15, -0.1) is 11.3 Å². The van der Waals surface area contributed by atoms with Gasteiger partial charge < -0.3 is 15.3 Å². The Morgan fingerprint density at radius 2 is 2.00 bits per heavy atom. The predicted octanol–water partition coefficient (Wildman–Crippen LogP) is 3.69. The molecule has 0 atom stereocenters. The fourth-order valence-electron chi connectivity index (χ4n) is 3.14. The van der Waals surface area contributed by atoms with Crippen LogP contribution in [0.5, 0.6) is 5.75 Å². The van der Waals surface area contributed by atoms with E-state index in [1.165, 1.54) is 11.3 Å². The number of rotatable bonds is 3. The predicted molar refractivity (Wildman–Crippen MR) is 103 cm³/mol. The zero-order chi connectivity index (χ0) is 18.3. The first-order valence-corrected chi connectivity index (χ1v) is 9.04. The molecule has 2 heterocycles. The van der Waals surface area contributed by atoms with Crippen molar-refractivity contribution >= 4 is 28.0 Å². The molecule has 0 fully saturated rings. The molecular formula is C19H17N5OS. The number of benzene rings is 1. The van der Waals surface area contributed by atoms with Crippen LogP contribution in [0.4, 0.5) is 16.6 Å². The largest absolute Gasteiger partial charge is 0.508 e. The van der Waals surface area contributed by atoms with Crippen molar-refractivity contribution in [3.63, 3.8) is 0 Å². The first kappa shape index (κ1) is 16.4. The molecule has 0 bridgehead atoms. The minimum atomic E-state index is 0.212. The average molecular weight is 363 g/mol. The Bertz CT molecular complexity index is 1020. The fourth-order valence-corrected chi connectivity index (χ4v) is 4.21. The Labute approximate surface area is 155 Å². The molecule has 0 amide bonds. The lowest BCUT2D eigenvalue weighted by atomic mass is 9.91. The highest BCUT2D eigenvalue weighted by atomic mass is 32.1. The number of nitrogens with zero attached hydrogens (tertiary/aromatic N) is 4. The molecule has 2 N–H and O–H groups in total. The summed E-state index contributed by atoms with van der Waals surface area (Å²) >= 11 is 1.51. The maximum Gasteiger partial charge on any atom is 0.227 e. The molecule has 0 radical (unpaired) electrons. The van der Waals surface area contributed by atoms with Crippen LogP contribution in [-0.4, -0.2) is 29.2 Å². The molecule has 1 aliphatic rings. The van der Waals surface area contributed by atoms with Crippen molar-refractivity contribution in [2.45, 2.75) is 12.8 Å². The SMILES string of the molecule is CN(C)c1sc(C#N)c2c1-c1nc(Nc3ccc(O)cc3)ncc1CC2. The molecule has 0 saturated heterocycles. The van der Waals surface area contributed by atoms with Gasteiger partial charge in [0.05, 0.1) is 5.69 Å². The van der Waals surface area contributed by atoms with Gasteiger partial charge in [-0.1, -0.05) is 0 Å². The van der Waals surface area contributed by atoms with Crippen molar-refractivity contribution in [1.82, 2.24) is 9.97 Å². The number of anilines is 3. The lowest BCUT2D eigenvalue weighted by Crippen LogP contribution is -2.12. The number of hydrogen-bond donors (Lipinski definition) is 2. The van der Waals surface area contributed by atoms with Gasteiger partial charge in [0.2, 0.25) is 5.95 Å². The van der Waals surface area contributed by atoms with E-state index < -0.39 is 0 Å². The van der Waals surface area contributed by atoms with Gasteiger partial charge in [-0.3, -0.25) is 0 Å². The molecule has 130 valence electrons. The highest BCUT2D eigenvalue weighted by Gasteiger charge is 2.28. The van der Waals surface area contributed by atoms with Crippen molar-refractivity contribution in [2.24, 2.45) is 0 Å². The molecule has 3 aromatic rings. The number of aromatic nitrogens is 2. The molecular weight excluding hydrogens is 346 g/mol. The van der Waals surface area contributed by atoms with Crippen LogP contribution in [0.1, 0.15) is 16.0 Å². The maximum absolute atomic E-state index is 9.48. The van der Waals surface area contributed by atoms with Gasteiger partial charge in [0.1, 0.15) is 21.7 Å². The number of thiophene rings is 1. The summed E-state index contributed by atoms with van der Waals surface area (Å²) in [7, 11) is 3.97. The van der Waals surface area contributed by atoms with E-state index >= 15 is 0 Å². The van der Waals surface area contributed by atoms with E-state index in [0.29, 0.717) is 5.95 Å². The Morgan fingerprint density at radius 3 is 2.69 bits per heavy atom. The molecule has 0 unspecified atom stereocenters. The lowest BCUT2D eigenvalue weighted by molar-refractivity contribution is 0.475. The summed E-state index contributed by atoms with van der Waals surface area (Å²) in [6.07, 6.45) is 3.53. The number of aromatic hydroxyl groups is 1. The van der Waals surface area contributed by atoms with E-state index in [1.807, 2.05) is 25.2 Å². The summed E-state index contributed by atoms with van der Waals surface area (Å²) in [5.74, 6) is 0.709. The molecule has 0 saturated carbocycles. The topological polar surface area (TPSA) is 85.1 Å². The monoisotopic (exact) mass is 363 g/mol. The molecule has 1 aliphatic carbocycles. The van der Waals surface area contributed by atoms with Crippen LogP contribution in [0.15, 0.2) is 30.5 Å². The molecule has 0 aliphatic heterocycles. The summed E-state index contributed by atoms with van der Waals surface area (Å²) in [5.41, 5.74) is 4.93. The second-order valence-electron chi connectivity index (χ2n) is 6.34. The summed E-state index contributed by atoms with van der Waals surface area (Å²) in [4.78, 5) is 12.0. The number of nitriles is 1. The second-order valence-corrected chi connectivity index (χ2v) is 7.33. The Morgan fingerprint density at radius 1 is 1.23 bits per heavy atom. The van der Waals surface area contributed by atoms with Gasteiger partial charge in [0.15, 0.2) is 0 Å². The van der Waals surface area contributed by atoms with E-state index in [-0.39, 0.29) is 5.75 Å². The molecule has 2 aromatic heterocycles. The first-order chi connectivity index (χ1) is 12.6. The Balaban J connectivity index is 1.79. The minimum Gasteiger partial charge on any atom is -0.508 e. The highest BCUT2D eigenvalue weighted by Crippen LogP contribution is 2.46. The highest BCUT2D eigenvalue weighted by molar-refractivity contribution is 7.17. The van der Waals surface area contributed by atoms with Gasteiger partial charge in [-0.05, 0) is 48.2 Å². The van der Waals surface area contributed by atoms with Crippen LogP contribution in [0, 0.1) is 11.3 Å². The Hall–Kier alpha value is -3.11. The van der Waals surface area contributed by atoms with Crippen LogP contribution < -0.4 is 10.2 Å². The molecule has 0 spiro atoms. The van der Waals surface area contributed by atoms with Crippen LogP contribution in [0.2, 0.25) is 0 Å². The summed E-state index contributed by atoms with van der Waals surface area (Å²) in [6.45, 7) is 0. The van der Waals surface area contributed by atoms with Gasteiger partial charge in [-0.25, -0.2) is 9.97 Å². The third kappa shape index (κ3) is 2.74. The van der Waals surface area contributed by atoms with Gasteiger partial charge in [-0.2, -0.15) is 5.26 Å². The summed E-state index contributed by atoms with van der Waals surface area (Å²) in [6, 6.07) is 9.10. The fraction of sp³-hybridized carbons (Fsp3) is 0.211. The molecule has 26 heavy (non-hydrogen) atoms. The van der Waals surface area contributed by atoms with Crippen molar-refractivity contribution in [1.29, 1.82) is 5.26 Å². The maximum atomic E-state index is 9.48. The van der Waals surface area contributed by atoms with E-state index in [9.17, 15) is 10.4 Å². The van der Waals surface area contributed by atoms with E-state index in [0.717, 1.165) is 50.8 Å². The molecule has 7 heteroatoms. The second kappa shape index (κ2) is 6.32. The number of aryl methyl sites for hydroxylation is 1. The van der Waals surface area contributed by atoms with Crippen LogP contribution >= 0.6 is 11.3 Å². The van der Waals surface area contributed by atoms with Crippen LogP contribution in [0.3, 0.4) is 0 Å². The number of hydrogen-bond acceptors (Lipinski definition) is 7. The van der Waals surface area contributed by atoms with Crippen molar-refractivity contribution in [3.05, 3.63) is 46.5 Å². The smallest absolute Gasteiger partial charge is 0.227 e. The number of nitrogens with one attached hydrogen (secondary N) is 1. The van der Waals surface area contributed by atoms with Crippen LogP contribution in [-0.2, 0) is 12.8 Å². The molecule has 4 rings (SSSR count). The van der Waals surface area contributed by atoms with Gasteiger partial charge in [0, 0.05) is 31.5 Å². The first-order valence-electron chi connectivity index (χ1n) is 8.22. The quantitative estimate of drug-likeness (QED) is 0.690. The molecule has 1 aromatic carbocycles. The standard InChI is InChI=1S/C19H17N5OS/c1-24(2)18-16-14(15(9-20)26-18)8-3-11-10-21-19(23-17(11)16)22-12-4-6-13(25)7-5-12/h4-7,10,25H,3,8H2,1-2H3,(H,21,22,23). The van der Waals surface area contributed by atoms with Crippen molar-refractivity contribution in [2.75, 3.05) is 24.3 Å². The van der Waals surface area contributed by atoms with Crippen LogP contribution in [0.25, 0.3) is 11.3 Å². The molecule has 6 nitrogen and oxygen atoms in total. The third-order valence-electron chi connectivity index (χ3n) is 4.37. The van der Waals surface area contributed by atoms with Gasteiger partial charge in [0.25, 0.3) is 0 Å². The van der Waals surface area contributed by atoms with Crippen molar-refractivity contribution in [3.8, 4) is 23.1 Å². The number of fused-ring (bicyclic) bond motifs is 3. The Kier molecular flexibility index (Phi) is 3.98. The third-order valence-corrected chi connectivity index (χ3v) is 5.67. The summed E-state index contributed by atoms with van der Waals surface area (Å²) in [5, 5.41) is 23.1. The van der Waals surface area contributed by atoms with E-state index in [4.69, 9.17) is 4.98 Å². The lowest BCUT2D eigenvalue weighted by Gasteiger charge is -2.20. The van der Waals surface area contributed by atoms with Crippen molar-refractivity contribution < 1.29 is 5.11 Å².